The van der Waals surface area contributed by atoms with Gasteiger partial charge in [-0.2, -0.15) is 0 Å². The Morgan fingerprint density at radius 2 is 2.11 bits per heavy atom. The van der Waals surface area contributed by atoms with E-state index in [0.29, 0.717) is 6.54 Å². The summed E-state index contributed by atoms with van der Waals surface area (Å²) in [5.41, 5.74) is -1.26. The van der Waals surface area contributed by atoms with Gasteiger partial charge in [0, 0.05) is 18.7 Å². The molecular formula is C11H16N4O3. The predicted octanol–water partition coefficient (Wildman–Crippen LogP) is -1.06. The number of nitrogens with one attached hydrogen (secondary N) is 4. The molecule has 2 heterocycles. The first-order valence-corrected chi connectivity index (χ1v) is 6.00. The smallest absolute Gasteiger partial charge is 0.326 e. The van der Waals surface area contributed by atoms with Gasteiger partial charge >= 0.3 is 5.69 Å². The standard InChI is InChI=1S/C11H16N4O3/c16-9-5-8(14-11(18)15-9)10(17)13-7-3-1-2-4-12-6-7/h5,7,12H,1-4,6H2,(H,13,17)(H2,14,15,16,18). The van der Waals surface area contributed by atoms with Gasteiger partial charge in [-0.1, -0.05) is 6.42 Å². The van der Waals surface area contributed by atoms with Gasteiger partial charge in [-0.3, -0.25) is 14.6 Å². The molecule has 98 valence electrons. The Hall–Kier alpha value is -1.89. The lowest BCUT2D eigenvalue weighted by atomic mass is 10.1. The highest BCUT2D eigenvalue weighted by atomic mass is 16.2. The van der Waals surface area contributed by atoms with Crippen LogP contribution in [0.5, 0.6) is 0 Å². The highest BCUT2D eigenvalue weighted by Gasteiger charge is 2.16. The van der Waals surface area contributed by atoms with Gasteiger partial charge in [0.1, 0.15) is 5.69 Å². The fourth-order valence-electron chi connectivity index (χ4n) is 2.00. The van der Waals surface area contributed by atoms with E-state index in [2.05, 4.69) is 15.6 Å². The van der Waals surface area contributed by atoms with Crippen molar-refractivity contribution in [3.63, 3.8) is 0 Å². The maximum atomic E-state index is 11.9. The summed E-state index contributed by atoms with van der Waals surface area (Å²) in [5.74, 6) is -0.424. The van der Waals surface area contributed by atoms with E-state index in [1.54, 1.807) is 0 Å². The molecule has 1 atom stereocenters. The largest absolute Gasteiger partial charge is 0.347 e. The number of amides is 1. The van der Waals surface area contributed by atoms with Crippen molar-refractivity contribution in [3.05, 3.63) is 32.6 Å². The fraction of sp³-hybridized carbons (Fsp3) is 0.545. The topological polar surface area (TPSA) is 107 Å². The van der Waals surface area contributed by atoms with Gasteiger partial charge < -0.3 is 15.6 Å². The third kappa shape index (κ3) is 3.30. The summed E-state index contributed by atoms with van der Waals surface area (Å²) >= 11 is 0. The maximum Gasteiger partial charge on any atom is 0.326 e. The minimum atomic E-state index is -0.674. The molecule has 0 aromatic carbocycles. The quantitative estimate of drug-likeness (QED) is 0.538. The fourth-order valence-corrected chi connectivity index (χ4v) is 2.00. The van der Waals surface area contributed by atoms with Crippen molar-refractivity contribution in [1.82, 2.24) is 20.6 Å². The van der Waals surface area contributed by atoms with Crippen LogP contribution in [0.1, 0.15) is 29.8 Å². The van der Waals surface area contributed by atoms with Crippen LogP contribution in [0.25, 0.3) is 0 Å². The van der Waals surface area contributed by atoms with Crippen molar-refractivity contribution < 1.29 is 4.79 Å². The Kier molecular flexibility index (Phi) is 3.93. The van der Waals surface area contributed by atoms with E-state index in [1.807, 2.05) is 4.98 Å². The second kappa shape index (κ2) is 5.63. The van der Waals surface area contributed by atoms with E-state index in [-0.39, 0.29) is 11.7 Å². The number of aromatic amines is 2. The summed E-state index contributed by atoms with van der Waals surface area (Å²) in [7, 11) is 0. The Labute approximate surface area is 103 Å². The number of H-pyrrole nitrogens is 2. The Balaban J connectivity index is 2.06. The van der Waals surface area contributed by atoms with E-state index < -0.39 is 17.2 Å². The van der Waals surface area contributed by atoms with E-state index in [4.69, 9.17) is 0 Å². The second-order valence-corrected chi connectivity index (χ2v) is 4.37. The lowest BCUT2D eigenvalue weighted by molar-refractivity contribution is 0.0930. The normalized spacial score (nSPS) is 20.1. The van der Waals surface area contributed by atoms with Crippen molar-refractivity contribution >= 4 is 5.91 Å². The average molecular weight is 252 g/mol. The molecule has 0 radical (unpaired) electrons. The minimum absolute atomic E-state index is 0.00648. The van der Waals surface area contributed by atoms with Crippen LogP contribution >= 0.6 is 0 Å². The van der Waals surface area contributed by atoms with Crippen molar-refractivity contribution in [3.8, 4) is 0 Å². The summed E-state index contributed by atoms with van der Waals surface area (Å²) in [6.07, 6.45) is 3.03. The summed E-state index contributed by atoms with van der Waals surface area (Å²) < 4.78 is 0. The zero-order valence-electron chi connectivity index (χ0n) is 9.91. The highest BCUT2D eigenvalue weighted by molar-refractivity contribution is 5.92. The second-order valence-electron chi connectivity index (χ2n) is 4.37. The van der Waals surface area contributed by atoms with E-state index in [0.717, 1.165) is 31.9 Å². The SMILES string of the molecule is O=C(NC1CCCCNC1)c1cc(=O)[nH]c(=O)[nH]1. The Morgan fingerprint density at radius 1 is 1.28 bits per heavy atom. The molecule has 0 bridgehead atoms. The molecule has 1 aliphatic rings. The van der Waals surface area contributed by atoms with Crippen molar-refractivity contribution in [2.24, 2.45) is 0 Å². The summed E-state index contributed by atoms with van der Waals surface area (Å²) in [6.45, 7) is 1.66. The van der Waals surface area contributed by atoms with Crippen LogP contribution in [-0.2, 0) is 0 Å². The molecule has 1 aromatic rings. The molecule has 1 amide bonds. The van der Waals surface area contributed by atoms with Gasteiger partial charge in [-0.25, -0.2) is 4.79 Å². The zero-order chi connectivity index (χ0) is 13.0. The highest BCUT2D eigenvalue weighted by Crippen LogP contribution is 2.04. The summed E-state index contributed by atoms with van der Waals surface area (Å²) in [5, 5.41) is 6.03. The van der Waals surface area contributed by atoms with Gasteiger partial charge in [0.2, 0.25) is 0 Å². The first kappa shape index (κ1) is 12.6. The molecule has 1 fully saturated rings. The van der Waals surface area contributed by atoms with E-state index in [1.165, 1.54) is 0 Å². The van der Waals surface area contributed by atoms with Gasteiger partial charge in [0.25, 0.3) is 11.5 Å². The third-order valence-corrected chi connectivity index (χ3v) is 2.89. The molecule has 1 unspecified atom stereocenters. The molecule has 0 spiro atoms. The van der Waals surface area contributed by atoms with Gasteiger partial charge in [0.05, 0.1) is 0 Å². The zero-order valence-corrected chi connectivity index (χ0v) is 9.91. The van der Waals surface area contributed by atoms with Crippen LogP contribution in [0.2, 0.25) is 0 Å². The van der Waals surface area contributed by atoms with Crippen LogP contribution in [0, 0.1) is 0 Å². The van der Waals surface area contributed by atoms with Crippen molar-refractivity contribution in [2.45, 2.75) is 25.3 Å². The number of rotatable bonds is 2. The van der Waals surface area contributed by atoms with Crippen LogP contribution in [0.3, 0.4) is 0 Å². The van der Waals surface area contributed by atoms with Crippen LogP contribution in [-0.4, -0.2) is 35.0 Å². The van der Waals surface area contributed by atoms with Gasteiger partial charge in [-0.15, -0.1) is 0 Å². The molecule has 0 aliphatic carbocycles. The first-order valence-electron chi connectivity index (χ1n) is 6.00. The molecular weight excluding hydrogens is 236 g/mol. The Bertz CT molecular complexity index is 497. The van der Waals surface area contributed by atoms with Gasteiger partial charge in [-0.05, 0) is 19.4 Å². The van der Waals surface area contributed by atoms with E-state index >= 15 is 0 Å². The molecule has 7 nitrogen and oxygen atoms in total. The molecule has 1 aromatic heterocycles. The molecule has 0 saturated carbocycles. The van der Waals surface area contributed by atoms with Crippen LogP contribution in [0.15, 0.2) is 15.7 Å². The first-order chi connectivity index (χ1) is 8.65. The van der Waals surface area contributed by atoms with Crippen molar-refractivity contribution in [2.75, 3.05) is 13.1 Å². The molecule has 4 N–H and O–H groups in total. The summed E-state index contributed by atoms with van der Waals surface area (Å²) in [6, 6.07) is 1.11. The van der Waals surface area contributed by atoms with Crippen molar-refractivity contribution in [1.29, 1.82) is 0 Å². The average Bonchev–Trinajstić information content (AvgIpc) is 2.56. The van der Waals surface area contributed by atoms with Gasteiger partial charge in [0.15, 0.2) is 0 Å². The summed E-state index contributed by atoms with van der Waals surface area (Å²) in [4.78, 5) is 38.4. The third-order valence-electron chi connectivity index (χ3n) is 2.89. The molecule has 1 aliphatic heterocycles. The van der Waals surface area contributed by atoms with E-state index in [9.17, 15) is 14.4 Å². The number of carbonyl (C=O) groups is 1. The number of hydrogen-bond donors (Lipinski definition) is 4. The molecule has 2 rings (SSSR count). The lowest BCUT2D eigenvalue weighted by Crippen LogP contribution is -2.42. The Morgan fingerprint density at radius 3 is 2.89 bits per heavy atom. The van der Waals surface area contributed by atoms with Crippen LogP contribution in [0.4, 0.5) is 0 Å². The van der Waals surface area contributed by atoms with Crippen LogP contribution < -0.4 is 21.9 Å². The maximum absolute atomic E-state index is 11.9. The molecule has 7 heteroatoms. The number of hydrogen-bond acceptors (Lipinski definition) is 4. The number of aromatic nitrogens is 2. The molecule has 18 heavy (non-hydrogen) atoms. The molecule has 1 saturated heterocycles. The predicted molar refractivity (Wildman–Crippen MR) is 65.7 cm³/mol. The monoisotopic (exact) mass is 252 g/mol. The number of carbonyl (C=O) groups excluding carboxylic acids is 1. The minimum Gasteiger partial charge on any atom is -0.347 e. The lowest BCUT2D eigenvalue weighted by Gasteiger charge is -2.15.